The van der Waals surface area contributed by atoms with Gasteiger partial charge in [0.1, 0.15) is 0 Å². The molecule has 1 aliphatic heterocycles. The highest BCUT2D eigenvalue weighted by Gasteiger charge is 2.56. The number of carbonyl (C=O) groups is 1. The number of rotatable bonds is 0. The van der Waals surface area contributed by atoms with Crippen molar-refractivity contribution in [1.82, 2.24) is 0 Å². The van der Waals surface area contributed by atoms with Gasteiger partial charge < -0.3 is 0 Å². The highest BCUT2D eigenvalue weighted by atomic mass is 32.2. The Labute approximate surface area is 101 Å². The minimum absolute atomic E-state index is 0.179. The molecule has 0 saturated heterocycles. The third-order valence-electron chi connectivity index (χ3n) is 4.30. The maximum atomic E-state index is 12.5. The minimum Gasteiger partial charge on any atom is -0.293 e. The molecule has 3 rings (SSSR count). The van der Waals surface area contributed by atoms with Crippen LogP contribution in [0.4, 0.5) is 0 Å². The van der Waals surface area contributed by atoms with E-state index in [0.29, 0.717) is 5.78 Å². The van der Waals surface area contributed by atoms with Crippen molar-refractivity contribution in [3.63, 3.8) is 0 Å². The Morgan fingerprint density at radius 2 is 1.88 bits per heavy atom. The van der Waals surface area contributed by atoms with E-state index in [1.807, 2.05) is 30.0 Å². The maximum absolute atomic E-state index is 12.5. The second-order valence-corrected chi connectivity index (χ2v) is 6.83. The Kier molecular flexibility index (Phi) is 2.03. The van der Waals surface area contributed by atoms with Crippen LogP contribution in [-0.4, -0.2) is 10.5 Å². The summed E-state index contributed by atoms with van der Waals surface area (Å²) in [5.41, 5.74) is 0.722. The molecular weight excluding hydrogens is 216 g/mol. The maximum Gasteiger partial charge on any atom is 0.170 e. The van der Waals surface area contributed by atoms with Crippen LogP contribution >= 0.6 is 11.8 Å². The predicted octanol–water partition coefficient (Wildman–Crippen LogP) is 3.92. The average Bonchev–Trinajstić information content (AvgIpc) is 2.21. The van der Waals surface area contributed by atoms with Gasteiger partial charge in [-0.1, -0.05) is 38.5 Å². The smallest absolute Gasteiger partial charge is 0.170 e. The molecule has 0 aromatic heterocycles. The van der Waals surface area contributed by atoms with Gasteiger partial charge in [0.05, 0.1) is 0 Å². The number of carbonyl (C=O) groups excluding carboxylic acids is 1. The summed E-state index contributed by atoms with van der Waals surface area (Å²) in [4.78, 5) is 13.7. The van der Waals surface area contributed by atoms with E-state index in [9.17, 15) is 4.79 Å². The van der Waals surface area contributed by atoms with Crippen molar-refractivity contribution in [2.24, 2.45) is 5.41 Å². The van der Waals surface area contributed by atoms with E-state index in [2.05, 4.69) is 19.9 Å². The number of thioether (sulfide) groups is 1. The van der Waals surface area contributed by atoms with Crippen LogP contribution in [0.3, 0.4) is 0 Å². The molecule has 1 spiro atoms. The highest BCUT2D eigenvalue weighted by molar-refractivity contribution is 8.01. The first-order chi connectivity index (χ1) is 7.57. The molecule has 0 radical (unpaired) electrons. The molecule has 84 valence electrons. The normalized spacial score (nSPS) is 25.0. The molecule has 0 N–H and O–H groups in total. The van der Waals surface area contributed by atoms with Gasteiger partial charge in [0.15, 0.2) is 5.78 Å². The zero-order valence-corrected chi connectivity index (χ0v) is 10.6. The Balaban J connectivity index is 2.16. The van der Waals surface area contributed by atoms with Crippen molar-refractivity contribution in [2.45, 2.75) is 42.8 Å². The lowest BCUT2D eigenvalue weighted by atomic mass is 9.63. The second-order valence-electron chi connectivity index (χ2n) is 5.40. The molecule has 1 saturated carbocycles. The summed E-state index contributed by atoms with van der Waals surface area (Å²) >= 11 is 1.94. The third-order valence-corrected chi connectivity index (χ3v) is 6.19. The first-order valence-electron chi connectivity index (χ1n) is 5.90. The number of ketones is 1. The monoisotopic (exact) mass is 232 g/mol. The summed E-state index contributed by atoms with van der Waals surface area (Å²) in [6.07, 6.45) is 3.64. The number of benzene rings is 1. The molecule has 1 aromatic carbocycles. The molecule has 1 aliphatic carbocycles. The van der Waals surface area contributed by atoms with Crippen LogP contribution in [0, 0.1) is 5.41 Å². The van der Waals surface area contributed by atoms with Crippen LogP contribution in [0.2, 0.25) is 0 Å². The summed E-state index contributed by atoms with van der Waals surface area (Å²) in [6, 6.07) is 8.06. The van der Waals surface area contributed by atoms with Gasteiger partial charge in [-0.2, -0.15) is 0 Å². The van der Waals surface area contributed by atoms with Crippen LogP contribution in [-0.2, 0) is 0 Å². The molecule has 1 fully saturated rings. The molecule has 16 heavy (non-hydrogen) atoms. The second kappa shape index (κ2) is 3.13. The van der Waals surface area contributed by atoms with Crippen molar-refractivity contribution in [3.05, 3.63) is 29.8 Å². The Morgan fingerprint density at radius 1 is 1.19 bits per heavy atom. The van der Waals surface area contributed by atoms with Gasteiger partial charge in [-0.15, -0.1) is 11.8 Å². The fraction of sp³-hybridized carbons (Fsp3) is 0.500. The van der Waals surface area contributed by atoms with Crippen molar-refractivity contribution in [2.75, 3.05) is 0 Å². The summed E-state index contributed by atoms with van der Waals surface area (Å²) in [6.45, 7) is 4.24. The Hall–Kier alpha value is -0.760. The summed E-state index contributed by atoms with van der Waals surface area (Å²) < 4.78 is 0.179. The molecule has 0 bridgehead atoms. The molecule has 0 amide bonds. The molecule has 0 atom stereocenters. The highest BCUT2D eigenvalue weighted by Crippen LogP contribution is 2.61. The van der Waals surface area contributed by atoms with Gasteiger partial charge in [-0.05, 0) is 18.9 Å². The van der Waals surface area contributed by atoms with E-state index in [1.54, 1.807) is 0 Å². The van der Waals surface area contributed by atoms with Crippen LogP contribution in [0.5, 0.6) is 0 Å². The molecular formula is C14H16OS. The van der Waals surface area contributed by atoms with Crippen LogP contribution in [0.15, 0.2) is 29.2 Å². The largest absolute Gasteiger partial charge is 0.293 e. The van der Waals surface area contributed by atoms with Gasteiger partial charge in [-0.3, -0.25) is 4.79 Å². The van der Waals surface area contributed by atoms with Crippen molar-refractivity contribution < 1.29 is 4.79 Å². The van der Waals surface area contributed by atoms with Crippen molar-refractivity contribution >= 4 is 17.5 Å². The van der Waals surface area contributed by atoms with Gasteiger partial charge in [0, 0.05) is 20.6 Å². The van der Waals surface area contributed by atoms with Gasteiger partial charge in [0.2, 0.25) is 0 Å². The topological polar surface area (TPSA) is 17.1 Å². The molecule has 1 nitrogen and oxygen atoms in total. The summed E-state index contributed by atoms with van der Waals surface area (Å²) in [7, 11) is 0. The lowest BCUT2D eigenvalue weighted by molar-refractivity contribution is 0.0683. The summed E-state index contributed by atoms with van der Waals surface area (Å²) in [5, 5.41) is 0. The lowest BCUT2D eigenvalue weighted by Crippen LogP contribution is -2.53. The Morgan fingerprint density at radius 3 is 2.50 bits per heavy atom. The van der Waals surface area contributed by atoms with Gasteiger partial charge in [0.25, 0.3) is 0 Å². The van der Waals surface area contributed by atoms with Gasteiger partial charge in [-0.25, -0.2) is 0 Å². The fourth-order valence-electron chi connectivity index (χ4n) is 2.85. The minimum atomic E-state index is -0.204. The van der Waals surface area contributed by atoms with E-state index in [1.165, 1.54) is 24.2 Å². The van der Waals surface area contributed by atoms with E-state index in [-0.39, 0.29) is 10.2 Å². The third kappa shape index (κ3) is 1.11. The molecule has 2 heteroatoms. The quantitative estimate of drug-likeness (QED) is 0.674. The van der Waals surface area contributed by atoms with Crippen molar-refractivity contribution in [1.29, 1.82) is 0 Å². The van der Waals surface area contributed by atoms with Crippen LogP contribution in [0.1, 0.15) is 43.5 Å². The van der Waals surface area contributed by atoms with Crippen molar-refractivity contribution in [3.8, 4) is 0 Å². The van der Waals surface area contributed by atoms with E-state index < -0.39 is 0 Å². The zero-order chi connectivity index (χ0) is 11.4. The summed E-state index contributed by atoms with van der Waals surface area (Å²) in [5.74, 6) is 0.335. The van der Waals surface area contributed by atoms with Crippen LogP contribution in [0.25, 0.3) is 0 Å². The van der Waals surface area contributed by atoms with E-state index in [4.69, 9.17) is 0 Å². The molecule has 1 aromatic rings. The predicted molar refractivity (Wildman–Crippen MR) is 67.0 cm³/mol. The first-order valence-corrected chi connectivity index (χ1v) is 6.71. The number of Topliss-reactive ketones (excluding diaryl/α,β-unsaturated/α-hetero) is 1. The SMILES string of the molecule is CC1(C)C(=O)c2ccccc2SC12CCC2. The lowest BCUT2D eigenvalue weighted by Gasteiger charge is -2.54. The van der Waals surface area contributed by atoms with Crippen LogP contribution < -0.4 is 0 Å². The zero-order valence-electron chi connectivity index (χ0n) is 9.75. The first kappa shape index (κ1) is 10.4. The average molecular weight is 232 g/mol. The van der Waals surface area contributed by atoms with E-state index >= 15 is 0 Å². The molecule has 2 aliphatic rings. The number of hydrogen-bond acceptors (Lipinski definition) is 2. The molecule has 0 unspecified atom stereocenters. The number of fused-ring (bicyclic) bond motifs is 1. The van der Waals surface area contributed by atoms with E-state index in [0.717, 1.165) is 5.56 Å². The standard InChI is InChI=1S/C14H16OS/c1-13(2)12(15)10-6-3-4-7-11(10)16-14(13)8-5-9-14/h3-4,6-7H,5,8-9H2,1-2H3. The fourth-order valence-corrected chi connectivity index (χ4v) is 4.53. The van der Waals surface area contributed by atoms with Gasteiger partial charge >= 0.3 is 0 Å². The number of hydrogen-bond donors (Lipinski definition) is 0. The Bertz CT molecular complexity index is 458. The molecule has 1 heterocycles.